The summed E-state index contributed by atoms with van der Waals surface area (Å²) in [5, 5.41) is 2.76. The number of hydrogen-bond donors (Lipinski definition) is 1. The first kappa shape index (κ1) is 15.8. The molecule has 0 aliphatic heterocycles. The van der Waals surface area contributed by atoms with E-state index in [1.165, 1.54) is 4.90 Å². The van der Waals surface area contributed by atoms with Crippen molar-refractivity contribution in [3.63, 3.8) is 0 Å². The van der Waals surface area contributed by atoms with Crippen LogP contribution in [-0.4, -0.2) is 30.8 Å². The van der Waals surface area contributed by atoms with Gasteiger partial charge in [0.25, 0.3) is 0 Å². The number of amides is 2. The van der Waals surface area contributed by atoms with Crippen LogP contribution in [-0.2, 0) is 6.42 Å². The van der Waals surface area contributed by atoms with Crippen molar-refractivity contribution in [1.29, 1.82) is 0 Å². The molecule has 0 unspecified atom stereocenters. The Morgan fingerprint density at radius 3 is 2.09 bits per heavy atom. The predicted molar refractivity (Wildman–Crippen MR) is 88.4 cm³/mol. The molecule has 0 spiro atoms. The maximum atomic E-state index is 12.2. The highest BCUT2D eigenvalue weighted by Gasteiger charge is 2.08. The molecule has 0 heterocycles. The molecule has 1 N–H and O–H groups in total. The summed E-state index contributed by atoms with van der Waals surface area (Å²) in [4.78, 5) is 25.2. The van der Waals surface area contributed by atoms with Crippen LogP contribution in [0.2, 0.25) is 0 Å². The zero-order chi connectivity index (χ0) is 16.1. The van der Waals surface area contributed by atoms with Crippen LogP contribution in [0.3, 0.4) is 0 Å². The van der Waals surface area contributed by atoms with E-state index in [4.69, 9.17) is 0 Å². The highest BCUT2D eigenvalue weighted by Crippen LogP contribution is 2.13. The summed E-state index contributed by atoms with van der Waals surface area (Å²) in [5.41, 5.74) is 3.49. The third-order valence-electron chi connectivity index (χ3n) is 3.35. The number of nitrogens with one attached hydrogen (secondary N) is 1. The Morgan fingerprint density at radius 2 is 1.55 bits per heavy atom. The van der Waals surface area contributed by atoms with E-state index in [9.17, 15) is 9.59 Å². The second-order valence-corrected chi connectivity index (χ2v) is 5.49. The zero-order valence-corrected chi connectivity index (χ0v) is 13.1. The standard InChI is InChI=1S/C18H20N2O2/c1-13-4-8-15(9-5-13)17(21)12-14-6-10-16(11-7-14)19-18(22)20(2)3/h4-11H,12H2,1-3H3,(H,19,22). The third-order valence-corrected chi connectivity index (χ3v) is 3.35. The van der Waals surface area contributed by atoms with Crippen LogP contribution in [0.5, 0.6) is 0 Å². The number of Topliss-reactive ketones (excluding diaryl/α,β-unsaturated/α-hetero) is 1. The number of carbonyl (C=O) groups excluding carboxylic acids is 2. The summed E-state index contributed by atoms with van der Waals surface area (Å²) in [6, 6.07) is 14.7. The normalized spacial score (nSPS) is 10.1. The summed E-state index contributed by atoms with van der Waals surface area (Å²) < 4.78 is 0. The van der Waals surface area contributed by atoms with Crippen molar-refractivity contribution in [2.75, 3.05) is 19.4 Å². The van der Waals surface area contributed by atoms with E-state index in [2.05, 4.69) is 5.32 Å². The maximum absolute atomic E-state index is 12.2. The van der Waals surface area contributed by atoms with Gasteiger partial charge in [0.2, 0.25) is 0 Å². The van der Waals surface area contributed by atoms with Gasteiger partial charge in [0.15, 0.2) is 5.78 Å². The lowest BCUT2D eigenvalue weighted by atomic mass is 10.0. The third kappa shape index (κ3) is 4.19. The number of hydrogen-bond acceptors (Lipinski definition) is 2. The van der Waals surface area contributed by atoms with Gasteiger partial charge in [0.05, 0.1) is 0 Å². The number of nitrogens with zero attached hydrogens (tertiary/aromatic N) is 1. The van der Waals surface area contributed by atoms with E-state index in [0.717, 1.165) is 16.7 Å². The van der Waals surface area contributed by atoms with Crippen LogP contribution in [0.15, 0.2) is 48.5 Å². The molecule has 2 rings (SSSR count). The van der Waals surface area contributed by atoms with Gasteiger partial charge in [-0.15, -0.1) is 0 Å². The van der Waals surface area contributed by atoms with Gasteiger partial charge < -0.3 is 10.2 Å². The second-order valence-electron chi connectivity index (χ2n) is 5.49. The Hall–Kier alpha value is -2.62. The number of benzene rings is 2. The molecule has 0 atom stereocenters. The molecule has 2 aromatic carbocycles. The molecule has 114 valence electrons. The fourth-order valence-electron chi connectivity index (χ4n) is 1.97. The topological polar surface area (TPSA) is 49.4 Å². The first-order valence-corrected chi connectivity index (χ1v) is 7.13. The number of ketones is 1. The summed E-state index contributed by atoms with van der Waals surface area (Å²) >= 11 is 0. The van der Waals surface area contributed by atoms with Crippen molar-refractivity contribution in [1.82, 2.24) is 4.90 Å². The Labute approximate surface area is 130 Å². The van der Waals surface area contributed by atoms with Gasteiger partial charge in [-0.25, -0.2) is 4.79 Å². The zero-order valence-electron chi connectivity index (χ0n) is 13.1. The van der Waals surface area contributed by atoms with E-state index >= 15 is 0 Å². The lowest BCUT2D eigenvalue weighted by Gasteiger charge is -2.12. The molecule has 4 heteroatoms. The van der Waals surface area contributed by atoms with Crippen LogP contribution >= 0.6 is 0 Å². The number of carbonyl (C=O) groups is 2. The van der Waals surface area contributed by atoms with Crippen molar-refractivity contribution >= 4 is 17.5 Å². The fraction of sp³-hybridized carbons (Fsp3) is 0.222. The number of anilines is 1. The molecule has 0 bridgehead atoms. The van der Waals surface area contributed by atoms with Crippen molar-refractivity contribution in [2.24, 2.45) is 0 Å². The Bertz CT molecular complexity index is 658. The number of urea groups is 1. The Balaban J connectivity index is 2.00. The molecule has 22 heavy (non-hydrogen) atoms. The predicted octanol–water partition coefficient (Wildman–Crippen LogP) is 3.51. The van der Waals surface area contributed by atoms with Crippen molar-refractivity contribution in [2.45, 2.75) is 13.3 Å². The summed E-state index contributed by atoms with van der Waals surface area (Å²) in [6.45, 7) is 2.00. The van der Waals surface area contributed by atoms with Gasteiger partial charge in [0, 0.05) is 31.8 Å². The van der Waals surface area contributed by atoms with E-state index in [-0.39, 0.29) is 11.8 Å². The van der Waals surface area contributed by atoms with E-state index < -0.39 is 0 Å². The second kappa shape index (κ2) is 6.89. The highest BCUT2D eigenvalue weighted by atomic mass is 16.2. The van der Waals surface area contributed by atoms with Gasteiger partial charge in [-0.2, -0.15) is 0 Å². The largest absolute Gasteiger partial charge is 0.331 e. The van der Waals surface area contributed by atoms with E-state index in [1.807, 2.05) is 43.3 Å². The minimum absolute atomic E-state index is 0.0880. The molecule has 4 nitrogen and oxygen atoms in total. The van der Waals surface area contributed by atoms with Crippen LogP contribution in [0.4, 0.5) is 10.5 Å². The van der Waals surface area contributed by atoms with Crippen LogP contribution in [0.1, 0.15) is 21.5 Å². The molecule has 2 aromatic rings. The van der Waals surface area contributed by atoms with Gasteiger partial charge in [-0.05, 0) is 24.6 Å². The molecule has 0 radical (unpaired) electrons. The molecule has 0 saturated carbocycles. The monoisotopic (exact) mass is 296 g/mol. The quantitative estimate of drug-likeness (QED) is 0.878. The first-order valence-electron chi connectivity index (χ1n) is 7.13. The lowest BCUT2D eigenvalue weighted by Crippen LogP contribution is -2.27. The molecule has 2 amide bonds. The van der Waals surface area contributed by atoms with Gasteiger partial charge in [-0.1, -0.05) is 42.0 Å². The minimum atomic E-state index is -0.177. The smallest absolute Gasteiger partial charge is 0.321 e. The highest BCUT2D eigenvalue weighted by molar-refractivity contribution is 5.97. The number of aryl methyl sites for hydroxylation is 1. The maximum Gasteiger partial charge on any atom is 0.321 e. The van der Waals surface area contributed by atoms with Gasteiger partial charge in [0.1, 0.15) is 0 Å². The van der Waals surface area contributed by atoms with Crippen molar-refractivity contribution in [3.8, 4) is 0 Å². The minimum Gasteiger partial charge on any atom is -0.331 e. The molecule has 0 saturated heterocycles. The summed E-state index contributed by atoms with van der Waals surface area (Å²) in [5.74, 6) is 0.0880. The van der Waals surface area contributed by atoms with Gasteiger partial charge >= 0.3 is 6.03 Å². The SMILES string of the molecule is Cc1ccc(C(=O)Cc2ccc(NC(=O)N(C)C)cc2)cc1. The average molecular weight is 296 g/mol. The Morgan fingerprint density at radius 1 is 0.955 bits per heavy atom. The van der Waals surface area contributed by atoms with Crippen molar-refractivity contribution < 1.29 is 9.59 Å². The van der Waals surface area contributed by atoms with E-state index in [1.54, 1.807) is 26.2 Å². The van der Waals surface area contributed by atoms with Crippen LogP contribution in [0, 0.1) is 6.92 Å². The molecule has 0 aromatic heterocycles. The first-order chi connectivity index (χ1) is 10.5. The number of rotatable bonds is 4. The molecule has 0 aliphatic rings. The average Bonchev–Trinajstić information content (AvgIpc) is 2.49. The van der Waals surface area contributed by atoms with Crippen LogP contribution in [0.25, 0.3) is 0 Å². The fourth-order valence-corrected chi connectivity index (χ4v) is 1.97. The Kier molecular flexibility index (Phi) is 4.94. The van der Waals surface area contributed by atoms with E-state index in [0.29, 0.717) is 12.1 Å². The molecular formula is C18H20N2O2. The van der Waals surface area contributed by atoms with Crippen molar-refractivity contribution in [3.05, 3.63) is 65.2 Å². The summed E-state index contributed by atoms with van der Waals surface area (Å²) in [7, 11) is 3.37. The summed E-state index contributed by atoms with van der Waals surface area (Å²) in [6.07, 6.45) is 0.352. The van der Waals surface area contributed by atoms with Crippen LogP contribution < -0.4 is 5.32 Å². The van der Waals surface area contributed by atoms with Gasteiger partial charge in [-0.3, -0.25) is 4.79 Å². The molecular weight excluding hydrogens is 276 g/mol. The molecule has 0 aliphatic carbocycles. The lowest BCUT2D eigenvalue weighted by molar-refractivity contribution is 0.0993. The molecule has 0 fully saturated rings.